The minimum atomic E-state index is -0.794. The van der Waals surface area contributed by atoms with Crippen LogP contribution in [0.15, 0.2) is 134 Å². The van der Waals surface area contributed by atoms with E-state index in [2.05, 4.69) is 154 Å². The van der Waals surface area contributed by atoms with Crippen molar-refractivity contribution >= 4 is 17.9 Å². The van der Waals surface area contributed by atoms with Crippen LogP contribution in [-0.2, 0) is 28.6 Å². The molecule has 424 valence electrons. The first-order valence-electron chi connectivity index (χ1n) is 30.7. The summed E-state index contributed by atoms with van der Waals surface area (Å²) < 4.78 is 16.8. The third kappa shape index (κ3) is 60.3. The topological polar surface area (TPSA) is 78.9 Å². The van der Waals surface area contributed by atoms with Crippen LogP contribution in [0.25, 0.3) is 0 Å². The Morgan fingerprint density at radius 3 is 0.813 bits per heavy atom. The molecule has 1 unspecified atom stereocenters. The summed E-state index contributed by atoms with van der Waals surface area (Å²) in [7, 11) is 0. The van der Waals surface area contributed by atoms with E-state index >= 15 is 0 Å². The molecule has 0 spiro atoms. The summed E-state index contributed by atoms with van der Waals surface area (Å²) in [5, 5.41) is 0. The van der Waals surface area contributed by atoms with Crippen molar-refractivity contribution in [2.24, 2.45) is 0 Å². The molecular weight excluding hydrogens is 925 g/mol. The van der Waals surface area contributed by atoms with Gasteiger partial charge in [0.15, 0.2) is 6.10 Å². The molecule has 6 heteroatoms. The highest BCUT2D eigenvalue weighted by atomic mass is 16.6. The summed E-state index contributed by atoms with van der Waals surface area (Å²) in [6.45, 7) is 6.37. The van der Waals surface area contributed by atoms with Crippen molar-refractivity contribution in [2.75, 3.05) is 13.2 Å². The normalized spacial score (nSPS) is 13.1. The molecule has 75 heavy (non-hydrogen) atoms. The molecule has 1 atom stereocenters. The van der Waals surface area contributed by atoms with Crippen molar-refractivity contribution in [3.63, 3.8) is 0 Å². The number of hydrogen-bond donors (Lipinski definition) is 0. The fraction of sp³-hybridized carbons (Fsp3) is 0.638. The zero-order chi connectivity index (χ0) is 54.3. The van der Waals surface area contributed by atoms with Crippen molar-refractivity contribution in [2.45, 2.75) is 271 Å². The maximum absolute atomic E-state index is 12.9. The summed E-state index contributed by atoms with van der Waals surface area (Å²) in [6.07, 6.45) is 87.4. The predicted octanol–water partition coefficient (Wildman–Crippen LogP) is 21.0. The summed E-state index contributed by atoms with van der Waals surface area (Å²) in [6, 6.07) is 0. The molecular formula is C69H112O6. The van der Waals surface area contributed by atoms with Crippen LogP contribution in [-0.4, -0.2) is 37.2 Å². The van der Waals surface area contributed by atoms with Crippen LogP contribution in [0.1, 0.15) is 265 Å². The quantitative estimate of drug-likeness (QED) is 0.0261. The lowest BCUT2D eigenvalue weighted by atomic mass is 10.1. The first-order chi connectivity index (χ1) is 37.0. The van der Waals surface area contributed by atoms with Gasteiger partial charge >= 0.3 is 17.9 Å². The molecule has 6 nitrogen and oxygen atoms in total. The fourth-order valence-electron chi connectivity index (χ4n) is 8.12. The number of carbonyl (C=O) groups excluding carboxylic acids is 3. The molecule has 0 aromatic carbocycles. The van der Waals surface area contributed by atoms with Gasteiger partial charge in [0.05, 0.1) is 0 Å². The Morgan fingerprint density at radius 2 is 0.520 bits per heavy atom. The van der Waals surface area contributed by atoms with Gasteiger partial charge in [-0.3, -0.25) is 14.4 Å². The van der Waals surface area contributed by atoms with Gasteiger partial charge in [-0.15, -0.1) is 0 Å². The van der Waals surface area contributed by atoms with E-state index in [0.29, 0.717) is 19.3 Å². The summed E-state index contributed by atoms with van der Waals surface area (Å²) in [5.41, 5.74) is 0. The second-order valence-electron chi connectivity index (χ2n) is 19.9. The Kier molecular flexibility index (Phi) is 58.4. The van der Waals surface area contributed by atoms with Crippen LogP contribution in [0.4, 0.5) is 0 Å². The maximum Gasteiger partial charge on any atom is 0.306 e. The maximum atomic E-state index is 12.9. The molecule has 0 N–H and O–H groups in total. The first-order valence-corrected chi connectivity index (χ1v) is 30.7. The Morgan fingerprint density at radius 1 is 0.280 bits per heavy atom. The second kappa shape index (κ2) is 62.1. The monoisotopic (exact) mass is 1040 g/mol. The van der Waals surface area contributed by atoms with Gasteiger partial charge in [-0.05, 0) is 116 Å². The van der Waals surface area contributed by atoms with E-state index in [0.717, 1.165) is 148 Å². The molecule has 0 aliphatic heterocycles. The third-order valence-corrected chi connectivity index (χ3v) is 12.7. The van der Waals surface area contributed by atoms with Crippen molar-refractivity contribution in [3.05, 3.63) is 134 Å². The summed E-state index contributed by atoms with van der Waals surface area (Å²) in [4.78, 5) is 38.2. The number of ether oxygens (including phenoxy) is 3. The molecule has 0 saturated carbocycles. The number of rotatable bonds is 54. The summed E-state index contributed by atoms with van der Waals surface area (Å²) in [5.74, 6) is -0.919. The molecule has 0 aliphatic rings. The molecule has 0 fully saturated rings. The molecule has 0 saturated heterocycles. The third-order valence-electron chi connectivity index (χ3n) is 12.7. The largest absolute Gasteiger partial charge is 0.462 e. The van der Waals surface area contributed by atoms with Gasteiger partial charge in [0.25, 0.3) is 0 Å². The lowest BCUT2D eigenvalue weighted by Gasteiger charge is -2.18. The van der Waals surface area contributed by atoms with Crippen molar-refractivity contribution in [3.8, 4) is 0 Å². The van der Waals surface area contributed by atoms with Gasteiger partial charge in [-0.2, -0.15) is 0 Å². The Labute approximate surface area is 462 Å². The standard InChI is InChI=1S/C69H112O6/c1-4-7-10-13-16-19-21-23-25-27-29-31-33-34-36-37-39-41-43-45-47-50-53-56-59-62-68(71)74-65-66(64-73-67(70)61-58-55-52-49-18-15-12-9-6-3)75-69(72)63-60-57-54-51-48-46-44-42-40-38-35-32-30-28-26-24-22-20-17-14-11-8-5-2/h7-8,10-11,16-17,19-20,23-26,29-32,34,36,38-41,66H,4-6,9,12-15,18,21-22,27-28,33,35,37,42-65H2,1-3H3/b10-7-,11-8-,19-16-,20-17-,25-23-,26-24-,31-29-,32-30-,36-34-,40-38-,41-39-. The zero-order valence-corrected chi connectivity index (χ0v) is 48.5. The molecule has 0 aliphatic carbocycles. The van der Waals surface area contributed by atoms with Gasteiger partial charge in [0.2, 0.25) is 0 Å². The van der Waals surface area contributed by atoms with E-state index in [1.54, 1.807) is 0 Å². The van der Waals surface area contributed by atoms with Crippen LogP contribution >= 0.6 is 0 Å². The number of hydrogen-bond acceptors (Lipinski definition) is 6. The van der Waals surface area contributed by atoms with Gasteiger partial charge in [-0.25, -0.2) is 0 Å². The molecule has 0 amide bonds. The average Bonchev–Trinajstić information content (AvgIpc) is 3.41. The Hall–Kier alpha value is -4.45. The van der Waals surface area contributed by atoms with Crippen LogP contribution < -0.4 is 0 Å². The van der Waals surface area contributed by atoms with Crippen LogP contribution in [0.5, 0.6) is 0 Å². The van der Waals surface area contributed by atoms with E-state index in [1.165, 1.54) is 77.0 Å². The van der Waals surface area contributed by atoms with Gasteiger partial charge in [0, 0.05) is 19.3 Å². The van der Waals surface area contributed by atoms with E-state index in [9.17, 15) is 14.4 Å². The molecule has 0 aromatic rings. The van der Waals surface area contributed by atoms with E-state index in [1.807, 2.05) is 0 Å². The molecule has 0 rings (SSSR count). The SMILES string of the molecule is CC/C=C\C/C=C\C/C=C\C/C=C\C/C=C\C/C=C\CCCCCCCCC(=O)OCC(COC(=O)CCCCCCCCCCC)OC(=O)CCCCCCCCC/C=C\C/C=C\C/C=C\C/C=C\C/C=C\CC. The lowest BCUT2D eigenvalue weighted by Crippen LogP contribution is -2.30. The highest BCUT2D eigenvalue weighted by molar-refractivity contribution is 5.71. The second-order valence-corrected chi connectivity index (χ2v) is 19.9. The highest BCUT2D eigenvalue weighted by Gasteiger charge is 2.19. The highest BCUT2D eigenvalue weighted by Crippen LogP contribution is 2.15. The lowest BCUT2D eigenvalue weighted by molar-refractivity contribution is -0.167. The number of esters is 3. The van der Waals surface area contributed by atoms with E-state index in [4.69, 9.17) is 14.2 Å². The number of allylic oxidation sites excluding steroid dienone is 22. The van der Waals surface area contributed by atoms with Gasteiger partial charge in [0.1, 0.15) is 13.2 Å². The van der Waals surface area contributed by atoms with Gasteiger partial charge < -0.3 is 14.2 Å². The predicted molar refractivity (Wildman–Crippen MR) is 325 cm³/mol. The smallest absolute Gasteiger partial charge is 0.306 e. The van der Waals surface area contributed by atoms with Crippen LogP contribution in [0.3, 0.4) is 0 Å². The minimum absolute atomic E-state index is 0.0898. The minimum Gasteiger partial charge on any atom is -0.462 e. The molecule has 0 bridgehead atoms. The molecule has 0 aromatic heterocycles. The zero-order valence-electron chi connectivity index (χ0n) is 48.5. The Balaban J connectivity index is 4.33. The van der Waals surface area contributed by atoms with Crippen molar-refractivity contribution < 1.29 is 28.6 Å². The Bertz CT molecular complexity index is 1620. The van der Waals surface area contributed by atoms with Crippen molar-refractivity contribution in [1.29, 1.82) is 0 Å². The average molecular weight is 1040 g/mol. The van der Waals surface area contributed by atoms with E-state index < -0.39 is 6.10 Å². The van der Waals surface area contributed by atoms with Crippen LogP contribution in [0, 0.1) is 0 Å². The number of carbonyl (C=O) groups is 3. The van der Waals surface area contributed by atoms with E-state index in [-0.39, 0.29) is 31.1 Å². The fourth-order valence-corrected chi connectivity index (χ4v) is 8.12. The molecule has 0 heterocycles. The molecule has 0 radical (unpaired) electrons. The first kappa shape index (κ1) is 70.5. The van der Waals surface area contributed by atoms with Gasteiger partial charge in [-0.1, -0.05) is 264 Å². The van der Waals surface area contributed by atoms with Crippen molar-refractivity contribution in [1.82, 2.24) is 0 Å². The summed E-state index contributed by atoms with van der Waals surface area (Å²) >= 11 is 0. The van der Waals surface area contributed by atoms with Crippen LogP contribution in [0.2, 0.25) is 0 Å². The number of unbranched alkanes of at least 4 members (excludes halogenated alkanes) is 21.